The zero-order valence-corrected chi connectivity index (χ0v) is 6.89. The minimum absolute atomic E-state index is 0.876. The summed E-state index contributed by atoms with van der Waals surface area (Å²) in [6.07, 6.45) is 0. The summed E-state index contributed by atoms with van der Waals surface area (Å²) in [7, 11) is 0. The highest BCUT2D eigenvalue weighted by Gasteiger charge is 2.10. The lowest BCUT2D eigenvalue weighted by Gasteiger charge is -1.99. The number of fused-ring (bicyclic) bond motifs is 1. The summed E-state index contributed by atoms with van der Waals surface area (Å²) in [6, 6.07) is 6.53. The molecule has 0 saturated carbocycles. The van der Waals surface area contributed by atoms with Gasteiger partial charge in [-0.25, -0.2) is 0 Å². The van der Waals surface area contributed by atoms with Crippen LogP contribution < -0.4 is 0 Å². The normalized spacial score (nSPS) is 14.5. The first kappa shape index (κ1) is 6.59. The van der Waals surface area contributed by atoms with Gasteiger partial charge in [0.1, 0.15) is 0 Å². The van der Waals surface area contributed by atoms with Gasteiger partial charge in [0.25, 0.3) is 0 Å². The zero-order valence-electron chi connectivity index (χ0n) is 6.89. The van der Waals surface area contributed by atoms with Crippen LogP contribution in [0.2, 0.25) is 0 Å². The molecule has 1 nitrogen and oxygen atoms in total. The fraction of sp³-hybridized carbons (Fsp3) is 0.300. The van der Waals surface area contributed by atoms with Gasteiger partial charge in [-0.05, 0) is 25.5 Å². The molecule has 0 radical (unpaired) electrons. The molecule has 1 aromatic rings. The fourth-order valence-electron chi connectivity index (χ4n) is 1.45. The Morgan fingerprint density at radius 2 is 2.09 bits per heavy atom. The lowest BCUT2D eigenvalue weighted by molar-refractivity contribution is 1.10. The highest BCUT2D eigenvalue weighted by Crippen LogP contribution is 2.19. The topological polar surface area (TPSA) is 12.4 Å². The highest BCUT2D eigenvalue weighted by atomic mass is 14.8. The predicted molar refractivity (Wildman–Crippen MR) is 47.1 cm³/mol. The minimum atomic E-state index is 0.876. The number of aryl methyl sites for hydroxylation is 1. The first-order valence-corrected chi connectivity index (χ1v) is 3.88. The molecular formula is C10H11N. The van der Waals surface area contributed by atoms with E-state index in [9.17, 15) is 0 Å². The molecule has 1 heterocycles. The quantitative estimate of drug-likeness (QED) is 0.531. The molecule has 1 aliphatic rings. The van der Waals surface area contributed by atoms with Gasteiger partial charge in [-0.1, -0.05) is 17.7 Å². The van der Waals surface area contributed by atoms with Gasteiger partial charge in [-0.15, -0.1) is 0 Å². The van der Waals surface area contributed by atoms with Crippen LogP contribution in [-0.2, 0) is 6.54 Å². The van der Waals surface area contributed by atoms with E-state index < -0.39 is 0 Å². The van der Waals surface area contributed by atoms with E-state index in [1.54, 1.807) is 0 Å². The monoisotopic (exact) mass is 145 g/mol. The summed E-state index contributed by atoms with van der Waals surface area (Å²) in [6.45, 7) is 5.07. The molecule has 0 fully saturated rings. The van der Waals surface area contributed by atoms with Crippen molar-refractivity contribution in [3.8, 4) is 0 Å². The summed E-state index contributed by atoms with van der Waals surface area (Å²) in [5.74, 6) is 0. The minimum Gasteiger partial charge on any atom is -0.285 e. The molecule has 0 atom stereocenters. The number of hydrogen-bond acceptors (Lipinski definition) is 1. The molecule has 2 rings (SSSR count). The molecule has 11 heavy (non-hydrogen) atoms. The van der Waals surface area contributed by atoms with Gasteiger partial charge in [0, 0.05) is 11.3 Å². The van der Waals surface area contributed by atoms with Crippen LogP contribution in [0.1, 0.15) is 23.6 Å². The Morgan fingerprint density at radius 3 is 2.91 bits per heavy atom. The van der Waals surface area contributed by atoms with Crippen molar-refractivity contribution < 1.29 is 0 Å². The van der Waals surface area contributed by atoms with Crippen molar-refractivity contribution in [3.05, 3.63) is 34.9 Å². The van der Waals surface area contributed by atoms with E-state index >= 15 is 0 Å². The SMILES string of the molecule is CC1=NCc2ccc(C)cc21. The Bertz CT molecular complexity index is 324. The van der Waals surface area contributed by atoms with Gasteiger partial charge in [0.05, 0.1) is 6.54 Å². The third kappa shape index (κ3) is 0.967. The van der Waals surface area contributed by atoms with Crippen LogP contribution in [0.15, 0.2) is 23.2 Å². The number of rotatable bonds is 0. The van der Waals surface area contributed by atoms with E-state index in [-0.39, 0.29) is 0 Å². The van der Waals surface area contributed by atoms with Crippen molar-refractivity contribution in [1.29, 1.82) is 0 Å². The molecule has 0 bridgehead atoms. The molecule has 0 aliphatic carbocycles. The number of nitrogens with zero attached hydrogens (tertiary/aromatic N) is 1. The van der Waals surface area contributed by atoms with Crippen LogP contribution in [0.5, 0.6) is 0 Å². The van der Waals surface area contributed by atoms with Crippen LogP contribution in [0.25, 0.3) is 0 Å². The number of benzene rings is 1. The average Bonchev–Trinajstić information content (AvgIpc) is 2.33. The van der Waals surface area contributed by atoms with E-state index in [2.05, 4.69) is 37.0 Å². The maximum absolute atomic E-state index is 4.36. The average molecular weight is 145 g/mol. The van der Waals surface area contributed by atoms with Crippen molar-refractivity contribution in [1.82, 2.24) is 0 Å². The van der Waals surface area contributed by atoms with Crippen LogP contribution in [0, 0.1) is 6.92 Å². The van der Waals surface area contributed by atoms with E-state index in [0.717, 1.165) is 6.54 Å². The molecule has 0 spiro atoms. The molecular weight excluding hydrogens is 134 g/mol. The Hall–Kier alpha value is -1.11. The van der Waals surface area contributed by atoms with Crippen LogP contribution in [0.4, 0.5) is 0 Å². The molecule has 0 amide bonds. The Morgan fingerprint density at radius 1 is 1.27 bits per heavy atom. The zero-order chi connectivity index (χ0) is 7.84. The molecule has 0 unspecified atom stereocenters. The third-order valence-corrected chi connectivity index (χ3v) is 2.14. The summed E-state index contributed by atoms with van der Waals surface area (Å²) in [4.78, 5) is 4.36. The standard InChI is InChI=1S/C10H11N/c1-7-3-4-9-6-11-8(2)10(9)5-7/h3-5H,6H2,1-2H3. The lowest BCUT2D eigenvalue weighted by atomic mass is 10.0. The maximum atomic E-state index is 4.36. The van der Waals surface area contributed by atoms with Gasteiger partial charge in [0.15, 0.2) is 0 Å². The van der Waals surface area contributed by atoms with Gasteiger partial charge < -0.3 is 0 Å². The maximum Gasteiger partial charge on any atom is 0.0649 e. The summed E-state index contributed by atoms with van der Waals surface area (Å²) < 4.78 is 0. The first-order valence-electron chi connectivity index (χ1n) is 3.88. The predicted octanol–water partition coefficient (Wildman–Crippen LogP) is 2.32. The second kappa shape index (κ2) is 2.19. The van der Waals surface area contributed by atoms with Crippen LogP contribution >= 0.6 is 0 Å². The highest BCUT2D eigenvalue weighted by molar-refractivity contribution is 6.02. The van der Waals surface area contributed by atoms with Gasteiger partial charge in [0.2, 0.25) is 0 Å². The van der Waals surface area contributed by atoms with E-state index in [0.29, 0.717) is 0 Å². The van der Waals surface area contributed by atoms with E-state index in [4.69, 9.17) is 0 Å². The summed E-state index contributed by atoms with van der Waals surface area (Å²) in [5, 5.41) is 0. The molecule has 0 saturated heterocycles. The van der Waals surface area contributed by atoms with Crippen molar-refractivity contribution in [2.24, 2.45) is 4.99 Å². The van der Waals surface area contributed by atoms with Crippen molar-refractivity contribution in [2.75, 3.05) is 0 Å². The van der Waals surface area contributed by atoms with Crippen LogP contribution in [-0.4, -0.2) is 5.71 Å². The van der Waals surface area contributed by atoms with Crippen molar-refractivity contribution in [2.45, 2.75) is 20.4 Å². The molecule has 0 aromatic heterocycles. The molecule has 0 N–H and O–H groups in total. The second-order valence-electron chi connectivity index (χ2n) is 3.06. The van der Waals surface area contributed by atoms with Crippen LogP contribution in [0.3, 0.4) is 0 Å². The van der Waals surface area contributed by atoms with Crippen molar-refractivity contribution in [3.63, 3.8) is 0 Å². The Kier molecular flexibility index (Phi) is 1.31. The first-order chi connectivity index (χ1) is 5.27. The van der Waals surface area contributed by atoms with E-state index in [1.165, 1.54) is 22.4 Å². The van der Waals surface area contributed by atoms with E-state index in [1.807, 2.05) is 0 Å². The lowest BCUT2D eigenvalue weighted by Crippen LogP contribution is -1.91. The molecule has 1 heteroatoms. The smallest absolute Gasteiger partial charge is 0.0649 e. The number of hydrogen-bond donors (Lipinski definition) is 0. The van der Waals surface area contributed by atoms with Gasteiger partial charge in [-0.3, -0.25) is 4.99 Å². The molecule has 1 aliphatic heterocycles. The molecule has 56 valence electrons. The Labute approximate surface area is 66.8 Å². The van der Waals surface area contributed by atoms with Gasteiger partial charge >= 0.3 is 0 Å². The van der Waals surface area contributed by atoms with Crippen molar-refractivity contribution >= 4 is 5.71 Å². The second-order valence-corrected chi connectivity index (χ2v) is 3.06. The fourth-order valence-corrected chi connectivity index (χ4v) is 1.45. The Balaban J connectivity index is 2.60. The summed E-state index contributed by atoms with van der Waals surface area (Å²) >= 11 is 0. The third-order valence-electron chi connectivity index (χ3n) is 2.14. The summed E-state index contributed by atoms with van der Waals surface area (Å²) in [5.41, 5.74) is 5.21. The largest absolute Gasteiger partial charge is 0.285 e. The molecule has 1 aromatic carbocycles. The number of aliphatic imine (C=N–C) groups is 1. The van der Waals surface area contributed by atoms with Gasteiger partial charge in [-0.2, -0.15) is 0 Å².